The number of nitrogens with zero attached hydrogens (tertiary/aromatic N) is 3. The zero-order valence-electron chi connectivity index (χ0n) is 15.9. The Morgan fingerprint density at radius 3 is 2.68 bits per heavy atom. The number of aromatic nitrogens is 2. The maximum absolute atomic E-state index is 13.1. The molecule has 2 heterocycles. The largest absolute Gasteiger partial charge is 0.489 e. The molecular weight excluding hydrogens is 352 g/mol. The molecule has 1 saturated heterocycles. The molecule has 0 bridgehead atoms. The first-order valence-electron chi connectivity index (χ1n) is 9.48. The van der Waals surface area contributed by atoms with Crippen LogP contribution < -0.4 is 10.1 Å². The molecule has 0 aliphatic carbocycles. The number of amides is 1. The number of rotatable bonds is 5. The monoisotopic (exact) mass is 376 g/mol. The quantitative estimate of drug-likeness (QED) is 0.744. The van der Waals surface area contributed by atoms with E-state index in [1.165, 1.54) is 0 Å². The van der Waals surface area contributed by atoms with Crippen molar-refractivity contribution in [3.05, 3.63) is 83.9 Å². The van der Waals surface area contributed by atoms with Crippen molar-refractivity contribution in [2.24, 2.45) is 7.05 Å². The van der Waals surface area contributed by atoms with Gasteiger partial charge in [0.15, 0.2) is 0 Å². The highest BCUT2D eigenvalue weighted by atomic mass is 16.5. The highest BCUT2D eigenvalue weighted by Crippen LogP contribution is 2.24. The molecule has 3 aromatic rings. The van der Waals surface area contributed by atoms with E-state index in [4.69, 9.17) is 4.74 Å². The Labute approximate surface area is 164 Å². The van der Waals surface area contributed by atoms with Crippen LogP contribution in [0.3, 0.4) is 0 Å². The van der Waals surface area contributed by atoms with Crippen LogP contribution in [0, 0.1) is 0 Å². The number of carbonyl (C=O) groups excluding carboxylic acids is 1. The second-order valence-corrected chi connectivity index (χ2v) is 6.91. The highest BCUT2D eigenvalue weighted by molar-refractivity contribution is 5.94. The first-order valence-corrected chi connectivity index (χ1v) is 9.48. The van der Waals surface area contributed by atoms with Crippen LogP contribution >= 0.6 is 0 Å². The summed E-state index contributed by atoms with van der Waals surface area (Å²) >= 11 is 0. The Balaban J connectivity index is 1.45. The van der Waals surface area contributed by atoms with Gasteiger partial charge in [-0.2, -0.15) is 0 Å². The molecule has 28 heavy (non-hydrogen) atoms. The van der Waals surface area contributed by atoms with Crippen LogP contribution in [0.4, 0.5) is 0 Å². The number of hydrogen-bond acceptors (Lipinski definition) is 4. The summed E-state index contributed by atoms with van der Waals surface area (Å²) in [5, 5.41) is 3.36. The van der Waals surface area contributed by atoms with E-state index in [9.17, 15) is 4.79 Å². The molecule has 1 amide bonds. The normalized spacial score (nSPS) is 16.8. The molecular formula is C22H24N4O2. The van der Waals surface area contributed by atoms with Crippen LogP contribution in [0.15, 0.2) is 67.0 Å². The summed E-state index contributed by atoms with van der Waals surface area (Å²) < 4.78 is 7.79. The van der Waals surface area contributed by atoms with Crippen molar-refractivity contribution >= 4 is 5.91 Å². The molecule has 1 unspecified atom stereocenters. The van der Waals surface area contributed by atoms with E-state index in [0.717, 1.165) is 23.7 Å². The van der Waals surface area contributed by atoms with E-state index in [2.05, 4.69) is 10.3 Å². The van der Waals surface area contributed by atoms with Gasteiger partial charge in [-0.3, -0.25) is 4.79 Å². The zero-order chi connectivity index (χ0) is 19.3. The summed E-state index contributed by atoms with van der Waals surface area (Å²) in [6.45, 7) is 2.65. The molecule has 1 atom stereocenters. The second-order valence-electron chi connectivity index (χ2n) is 6.91. The number of carbonyl (C=O) groups is 1. The van der Waals surface area contributed by atoms with Crippen LogP contribution in [0.1, 0.15) is 27.8 Å². The lowest BCUT2D eigenvalue weighted by Crippen LogP contribution is -2.49. The minimum Gasteiger partial charge on any atom is -0.489 e. The molecule has 144 valence electrons. The molecule has 1 aliphatic rings. The third kappa shape index (κ3) is 3.92. The fourth-order valence-electron chi connectivity index (χ4n) is 3.48. The first-order chi connectivity index (χ1) is 13.7. The van der Waals surface area contributed by atoms with E-state index >= 15 is 0 Å². The molecule has 1 aromatic heterocycles. The number of ether oxygens (including phenoxy) is 1. The van der Waals surface area contributed by atoms with Crippen molar-refractivity contribution in [1.82, 2.24) is 19.8 Å². The summed E-state index contributed by atoms with van der Waals surface area (Å²) in [7, 11) is 1.96. The van der Waals surface area contributed by atoms with Crippen LogP contribution in [0.25, 0.3) is 0 Å². The zero-order valence-corrected chi connectivity index (χ0v) is 15.9. The van der Waals surface area contributed by atoms with Crippen LogP contribution in [0.2, 0.25) is 0 Å². The number of hydrogen-bond donors (Lipinski definition) is 1. The summed E-state index contributed by atoms with van der Waals surface area (Å²) in [5.41, 5.74) is 1.77. The van der Waals surface area contributed by atoms with Crippen LogP contribution in [-0.2, 0) is 13.7 Å². The Morgan fingerprint density at radius 1 is 1.18 bits per heavy atom. The SMILES string of the molecule is Cn1ccnc1C1CNCCN1C(=O)c1ccc(OCc2ccccc2)cc1. The molecule has 0 spiro atoms. The molecule has 0 saturated carbocycles. The van der Waals surface area contributed by atoms with Gasteiger partial charge in [-0.25, -0.2) is 4.98 Å². The minimum absolute atomic E-state index is 0.0177. The van der Waals surface area contributed by atoms with Crippen molar-refractivity contribution in [1.29, 1.82) is 0 Å². The average Bonchev–Trinajstić information content (AvgIpc) is 3.18. The average molecular weight is 376 g/mol. The topological polar surface area (TPSA) is 59.4 Å². The van der Waals surface area contributed by atoms with Crippen molar-refractivity contribution in [2.45, 2.75) is 12.6 Å². The van der Waals surface area contributed by atoms with Gasteiger partial charge in [-0.15, -0.1) is 0 Å². The standard InChI is InChI=1S/C22H24N4O2/c1-25-13-12-24-21(25)20-15-23-11-14-26(20)22(27)18-7-9-19(10-8-18)28-16-17-5-3-2-4-6-17/h2-10,12-13,20,23H,11,14-16H2,1H3. The van der Waals surface area contributed by atoms with Gasteiger partial charge in [0.2, 0.25) is 0 Å². The molecule has 6 nitrogen and oxygen atoms in total. The van der Waals surface area contributed by atoms with Crippen molar-refractivity contribution in [3.8, 4) is 5.75 Å². The van der Waals surface area contributed by atoms with Crippen molar-refractivity contribution in [3.63, 3.8) is 0 Å². The molecule has 1 fully saturated rings. The third-order valence-electron chi connectivity index (χ3n) is 5.01. The number of benzene rings is 2. The van der Waals surface area contributed by atoms with E-state index < -0.39 is 0 Å². The minimum atomic E-state index is -0.0738. The summed E-state index contributed by atoms with van der Waals surface area (Å²) in [6, 6.07) is 17.3. The Hall–Kier alpha value is -3.12. The Morgan fingerprint density at radius 2 is 1.96 bits per heavy atom. The molecule has 6 heteroatoms. The lowest BCUT2D eigenvalue weighted by atomic mass is 10.1. The molecule has 1 aliphatic heterocycles. The van der Waals surface area contributed by atoms with E-state index in [-0.39, 0.29) is 11.9 Å². The summed E-state index contributed by atoms with van der Waals surface area (Å²) in [6.07, 6.45) is 3.68. The fourth-order valence-corrected chi connectivity index (χ4v) is 3.48. The van der Waals surface area contributed by atoms with Gasteiger partial charge < -0.3 is 19.5 Å². The molecule has 2 aromatic carbocycles. The second kappa shape index (κ2) is 8.27. The summed E-state index contributed by atoms with van der Waals surface area (Å²) in [5.74, 6) is 1.66. The van der Waals surface area contributed by atoms with E-state index in [1.807, 2.05) is 77.3 Å². The Kier molecular flexibility index (Phi) is 5.39. The van der Waals surface area contributed by atoms with Gasteiger partial charge in [0.1, 0.15) is 24.2 Å². The van der Waals surface area contributed by atoms with Gasteiger partial charge in [-0.05, 0) is 29.8 Å². The first kappa shape index (κ1) is 18.3. The lowest BCUT2D eigenvalue weighted by Gasteiger charge is -2.35. The van der Waals surface area contributed by atoms with Crippen molar-refractivity contribution < 1.29 is 9.53 Å². The number of nitrogens with one attached hydrogen (secondary N) is 1. The van der Waals surface area contributed by atoms with Gasteiger partial charge >= 0.3 is 0 Å². The highest BCUT2D eigenvalue weighted by Gasteiger charge is 2.30. The third-order valence-corrected chi connectivity index (χ3v) is 5.01. The maximum Gasteiger partial charge on any atom is 0.254 e. The Bertz CT molecular complexity index is 921. The van der Waals surface area contributed by atoms with Gasteiger partial charge in [0, 0.05) is 44.6 Å². The predicted molar refractivity (Wildman–Crippen MR) is 107 cm³/mol. The number of aryl methyl sites for hydroxylation is 1. The fraction of sp³-hybridized carbons (Fsp3) is 0.273. The molecule has 4 rings (SSSR count). The van der Waals surface area contributed by atoms with Crippen LogP contribution in [0.5, 0.6) is 5.75 Å². The smallest absolute Gasteiger partial charge is 0.254 e. The van der Waals surface area contributed by atoms with E-state index in [0.29, 0.717) is 25.3 Å². The summed E-state index contributed by atoms with van der Waals surface area (Å²) in [4.78, 5) is 19.5. The van der Waals surface area contributed by atoms with Gasteiger partial charge in [-0.1, -0.05) is 30.3 Å². The molecule has 1 N–H and O–H groups in total. The number of imidazole rings is 1. The molecule has 0 radical (unpaired) electrons. The van der Waals surface area contributed by atoms with Crippen molar-refractivity contribution in [2.75, 3.05) is 19.6 Å². The lowest BCUT2D eigenvalue weighted by molar-refractivity contribution is 0.0621. The van der Waals surface area contributed by atoms with Gasteiger partial charge in [0.05, 0.1) is 0 Å². The number of piperazine rings is 1. The predicted octanol–water partition coefficient (Wildman–Crippen LogP) is 2.79. The van der Waals surface area contributed by atoms with E-state index in [1.54, 1.807) is 6.20 Å². The maximum atomic E-state index is 13.1. The van der Waals surface area contributed by atoms with Crippen LogP contribution in [-0.4, -0.2) is 40.0 Å². The van der Waals surface area contributed by atoms with Gasteiger partial charge in [0.25, 0.3) is 5.91 Å².